The summed E-state index contributed by atoms with van der Waals surface area (Å²) in [4.78, 5) is 19.5. The second-order valence-electron chi connectivity index (χ2n) is 8.72. The average Bonchev–Trinajstić information content (AvgIpc) is 2.75. The molecule has 2 aliphatic rings. The predicted octanol–water partition coefficient (Wildman–Crippen LogP) is 2.15. The maximum absolute atomic E-state index is 13.4. The van der Waals surface area contributed by atoms with Gasteiger partial charge in [0.2, 0.25) is 15.9 Å². The summed E-state index contributed by atoms with van der Waals surface area (Å²) in [7, 11) is -1.88. The van der Waals surface area contributed by atoms with E-state index in [0.29, 0.717) is 12.1 Å². The lowest BCUT2D eigenvalue weighted by molar-refractivity contribution is 0.0373. The van der Waals surface area contributed by atoms with Crippen molar-refractivity contribution in [3.05, 3.63) is 29.5 Å². The van der Waals surface area contributed by atoms with Crippen molar-refractivity contribution in [2.45, 2.75) is 51.7 Å². The summed E-state index contributed by atoms with van der Waals surface area (Å²) < 4.78 is 31.3. The number of pyridine rings is 1. The second kappa shape index (κ2) is 9.67. The molecule has 8 nitrogen and oxygen atoms in total. The summed E-state index contributed by atoms with van der Waals surface area (Å²) in [6.07, 6.45) is 8.83. The van der Waals surface area contributed by atoms with Gasteiger partial charge in [-0.15, -0.1) is 0 Å². The molecule has 0 fully saturated rings. The lowest BCUT2D eigenvalue weighted by atomic mass is 9.93. The van der Waals surface area contributed by atoms with Crippen LogP contribution in [-0.4, -0.2) is 78.8 Å². The van der Waals surface area contributed by atoms with Crippen molar-refractivity contribution in [1.29, 1.82) is 0 Å². The molecule has 0 saturated heterocycles. The third-order valence-electron chi connectivity index (χ3n) is 6.19. The zero-order valence-corrected chi connectivity index (χ0v) is 19.6. The number of amides is 1. The number of aliphatic hydroxyl groups is 1. The quantitative estimate of drug-likeness (QED) is 0.711. The van der Waals surface area contributed by atoms with E-state index >= 15 is 0 Å². The minimum absolute atomic E-state index is 0.142. The molecule has 2 heterocycles. The number of aromatic nitrogens is 1. The third kappa shape index (κ3) is 5.45. The van der Waals surface area contributed by atoms with Crippen molar-refractivity contribution < 1.29 is 23.1 Å². The highest BCUT2D eigenvalue weighted by molar-refractivity contribution is 7.88. The second-order valence-corrected chi connectivity index (χ2v) is 10.8. The van der Waals surface area contributed by atoms with E-state index in [-0.39, 0.29) is 36.9 Å². The molecule has 3 rings (SSSR count). The highest BCUT2D eigenvalue weighted by Gasteiger charge is 2.35. The van der Waals surface area contributed by atoms with Crippen molar-refractivity contribution in [3.63, 3.8) is 0 Å². The van der Waals surface area contributed by atoms with E-state index in [4.69, 9.17) is 4.74 Å². The summed E-state index contributed by atoms with van der Waals surface area (Å²) in [5.74, 6) is -0.194. The Morgan fingerprint density at radius 2 is 2.13 bits per heavy atom. The molecular weight excluding hydrogens is 418 g/mol. The van der Waals surface area contributed by atoms with E-state index in [1.54, 1.807) is 18.0 Å². The van der Waals surface area contributed by atoms with Gasteiger partial charge in [-0.2, -0.15) is 0 Å². The van der Waals surface area contributed by atoms with Crippen LogP contribution in [0.2, 0.25) is 0 Å². The fourth-order valence-electron chi connectivity index (χ4n) is 3.98. The van der Waals surface area contributed by atoms with Crippen LogP contribution in [0.3, 0.4) is 0 Å². The number of sulfonamides is 1. The van der Waals surface area contributed by atoms with E-state index in [9.17, 15) is 18.3 Å². The van der Waals surface area contributed by atoms with Crippen LogP contribution >= 0.6 is 0 Å². The summed E-state index contributed by atoms with van der Waals surface area (Å²) in [5.41, 5.74) is 2.44. The van der Waals surface area contributed by atoms with Gasteiger partial charge in [0.1, 0.15) is 11.7 Å². The number of allylic oxidation sites excluding steroid dienone is 2. The Morgan fingerprint density at radius 3 is 2.74 bits per heavy atom. The first-order valence-corrected chi connectivity index (χ1v) is 12.7. The molecule has 9 heteroatoms. The van der Waals surface area contributed by atoms with E-state index in [1.165, 1.54) is 23.3 Å². The fraction of sp³-hybridized carbons (Fsp3) is 0.636. The number of carbonyl (C=O) groups excluding carboxylic acids is 1. The van der Waals surface area contributed by atoms with Gasteiger partial charge in [-0.1, -0.05) is 13.0 Å². The number of hydrogen-bond acceptors (Lipinski definition) is 6. The van der Waals surface area contributed by atoms with Gasteiger partial charge >= 0.3 is 0 Å². The molecule has 3 atom stereocenters. The van der Waals surface area contributed by atoms with Crippen LogP contribution in [-0.2, 0) is 10.0 Å². The molecule has 1 aromatic heterocycles. The summed E-state index contributed by atoms with van der Waals surface area (Å²) >= 11 is 0. The van der Waals surface area contributed by atoms with Crippen molar-refractivity contribution in [2.24, 2.45) is 5.92 Å². The number of carbonyl (C=O) groups is 1. The normalized spacial score (nSPS) is 23.5. The molecule has 1 aliphatic heterocycles. The Kier molecular flexibility index (Phi) is 7.39. The number of fused-ring (bicyclic) bond motifs is 1. The van der Waals surface area contributed by atoms with E-state index < -0.39 is 16.1 Å². The fourth-order valence-corrected chi connectivity index (χ4v) is 4.40. The maximum Gasteiger partial charge on any atom is 0.259 e. The largest absolute Gasteiger partial charge is 0.472 e. The van der Waals surface area contributed by atoms with Gasteiger partial charge in [0.15, 0.2) is 0 Å². The molecule has 0 radical (unpaired) electrons. The van der Waals surface area contributed by atoms with Gasteiger partial charge in [-0.25, -0.2) is 17.7 Å². The van der Waals surface area contributed by atoms with Crippen molar-refractivity contribution >= 4 is 21.5 Å². The van der Waals surface area contributed by atoms with Crippen molar-refractivity contribution in [1.82, 2.24) is 14.2 Å². The molecular formula is C22H33N3O5S. The van der Waals surface area contributed by atoms with E-state index in [2.05, 4.69) is 11.1 Å². The van der Waals surface area contributed by atoms with Gasteiger partial charge in [0, 0.05) is 25.7 Å². The molecule has 172 valence electrons. The topological polar surface area (TPSA) is 100 Å². The Bertz CT molecular complexity index is 946. The lowest BCUT2D eigenvalue weighted by Gasteiger charge is -2.37. The van der Waals surface area contributed by atoms with Crippen LogP contribution in [0.1, 0.15) is 55.5 Å². The number of aliphatic hydroxyl groups excluding tert-OH is 1. The van der Waals surface area contributed by atoms with Crippen LogP contribution in [0.5, 0.6) is 5.88 Å². The number of hydrogen-bond donors (Lipinski definition) is 1. The lowest BCUT2D eigenvalue weighted by Crippen LogP contribution is -2.50. The Balaban J connectivity index is 2.02. The first-order chi connectivity index (χ1) is 14.6. The Labute approximate surface area is 185 Å². The Hall–Kier alpha value is -1.97. The first-order valence-electron chi connectivity index (χ1n) is 10.8. The first kappa shape index (κ1) is 23.7. The summed E-state index contributed by atoms with van der Waals surface area (Å²) in [6.45, 7) is 4.03. The highest BCUT2D eigenvalue weighted by Crippen LogP contribution is 2.32. The number of ether oxygens (including phenoxy) is 1. The summed E-state index contributed by atoms with van der Waals surface area (Å²) in [5, 5.41) is 9.74. The van der Waals surface area contributed by atoms with Gasteiger partial charge in [-0.3, -0.25) is 4.79 Å². The van der Waals surface area contributed by atoms with Gasteiger partial charge < -0.3 is 14.7 Å². The Morgan fingerprint density at radius 1 is 1.39 bits per heavy atom. The van der Waals surface area contributed by atoms with Crippen LogP contribution in [0.4, 0.5) is 0 Å². The number of rotatable bonds is 6. The molecule has 0 bridgehead atoms. The monoisotopic (exact) mass is 451 g/mol. The zero-order chi connectivity index (χ0) is 22.8. The summed E-state index contributed by atoms with van der Waals surface area (Å²) in [6, 6.07) is 1.44. The minimum atomic E-state index is -3.39. The number of likely N-dealkylation sites (N-methyl/N-ethyl adjacent to an activating group) is 1. The average molecular weight is 452 g/mol. The van der Waals surface area contributed by atoms with Gasteiger partial charge in [-0.05, 0) is 49.8 Å². The van der Waals surface area contributed by atoms with Crippen molar-refractivity contribution in [2.75, 3.05) is 33.0 Å². The van der Waals surface area contributed by atoms with E-state index in [0.717, 1.165) is 31.1 Å². The number of nitrogens with zero attached hydrogens (tertiary/aromatic N) is 3. The third-order valence-corrected chi connectivity index (χ3v) is 7.47. The smallest absolute Gasteiger partial charge is 0.259 e. The highest BCUT2D eigenvalue weighted by atomic mass is 32.2. The maximum atomic E-state index is 13.4. The molecule has 0 saturated carbocycles. The zero-order valence-electron chi connectivity index (χ0n) is 18.7. The molecule has 1 amide bonds. The molecule has 31 heavy (non-hydrogen) atoms. The van der Waals surface area contributed by atoms with Crippen LogP contribution in [0.25, 0.3) is 5.57 Å². The van der Waals surface area contributed by atoms with Gasteiger partial charge in [0.25, 0.3) is 5.91 Å². The molecule has 1 aliphatic carbocycles. The van der Waals surface area contributed by atoms with Crippen LogP contribution in [0, 0.1) is 5.92 Å². The van der Waals surface area contributed by atoms with Crippen molar-refractivity contribution in [3.8, 4) is 5.88 Å². The predicted molar refractivity (Wildman–Crippen MR) is 119 cm³/mol. The molecule has 0 spiro atoms. The van der Waals surface area contributed by atoms with E-state index in [1.807, 2.05) is 13.0 Å². The SMILES string of the molecule is C[C@@H]1CN([C@H](C)CO)C(=O)c2cc(C3=CCCCC3)cnc2O[C@@H]1CN(C)S(C)(=O)=O. The molecule has 1 N–H and O–H groups in total. The standard InChI is InChI=1S/C22H33N3O5S/c1-15-12-25(16(2)14-26)22(27)19-10-18(17-8-6-5-7-9-17)11-23-21(19)30-20(15)13-24(3)31(4,28)29/h8,10-11,15-16,20,26H,5-7,9,12-14H2,1-4H3/t15-,16-,20-/m1/s1. The van der Waals surface area contributed by atoms with Crippen LogP contribution < -0.4 is 4.74 Å². The van der Waals surface area contributed by atoms with Crippen LogP contribution in [0.15, 0.2) is 18.3 Å². The van der Waals surface area contributed by atoms with Gasteiger partial charge in [0.05, 0.1) is 25.4 Å². The minimum Gasteiger partial charge on any atom is -0.472 e. The molecule has 0 unspecified atom stereocenters. The molecule has 1 aromatic rings. The molecule has 0 aromatic carbocycles.